The SMILES string of the molecule is NC(=O)c1ccc(-c2cnc3ncc(Cc4ccc5ncccc5c4)n3n2)cc1F. The van der Waals surface area contributed by atoms with Crippen LogP contribution in [0.2, 0.25) is 0 Å². The molecule has 0 spiro atoms. The number of aromatic nitrogens is 5. The zero-order valence-corrected chi connectivity index (χ0v) is 15.7. The highest BCUT2D eigenvalue weighted by atomic mass is 19.1. The van der Waals surface area contributed by atoms with Crippen molar-refractivity contribution in [2.45, 2.75) is 6.42 Å². The highest BCUT2D eigenvalue weighted by Gasteiger charge is 2.13. The van der Waals surface area contributed by atoms with E-state index in [0.717, 1.165) is 22.2 Å². The minimum absolute atomic E-state index is 0.165. The molecule has 0 saturated heterocycles. The normalized spacial score (nSPS) is 11.2. The second-order valence-corrected chi connectivity index (χ2v) is 6.87. The van der Waals surface area contributed by atoms with Crippen molar-refractivity contribution in [2.75, 3.05) is 0 Å². The first-order valence-corrected chi connectivity index (χ1v) is 9.21. The quantitative estimate of drug-likeness (QED) is 0.501. The Bertz CT molecular complexity index is 1430. The van der Waals surface area contributed by atoms with Gasteiger partial charge in [0.1, 0.15) is 11.5 Å². The highest BCUT2D eigenvalue weighted by molar-refractivity contribution is 5.93. The third kappa shape index (κ3) is 3.14. The molecule has 5 aromatic rings. The van der Waals surface area contributed by atoms with Crippen LogP contribution in [0, 0.1) is 5.82 Å². The molecule has 0 atom stereocenters. The number of hydrogen-bond donors (Lipinski definition) is 1. The summed E-state index contributed by atoms with van der Waals surface area (Å²) in [6.07, 6.45) is 5.61. The lowest BCUT2D eigenvalue weighted by atomic mass is 10.1. The number of pyridine rings is 1. The molecule has 0 aliphatic rings. The Morgan fingerprint density at radius 2 is 1.90 bits per heavy atom. The molecule has 1 amide bonds. The molecule has 3 heterocycles. The number of fused-ring (bicyclic) bond motifs is 2. The summed E-state index contributed by atoms with van der Waals surface area (Å²) < 4.78 is 15.8. The number of benzene rings is 2. The molecule has 0 aliphatic heterocycles. The van der Waals surface area contributed by atoms with E-state index in [-0.39, 0.29) is 5.56 Å². The lowest BCUT2D eigenvalue weighted by Gasteiger charge is -2.06. The lowest BCUT2D eigenvalue weighted by Crippen LogP contribution is -2.13. The van der Waals surface area contributed by atoms with Crippen LogP contribution in [0.3, 0.4) is 0 Å². The lowest BCUT2D eigenvalue weighted by molar-refractivity contribution is 0.0996. The molecule has 0 aliphatic carbocycles. The van der Waals surface area contributed by atoms with Crippen molar-refractivity contribution in [2.24, 2.45) is 5.73 Å². The van der Waals surface area contributed by atoms with Crippen LogP contribution in [0.5, 0.6) is 0 Å². The van der Waals surface area contributed by atoms with Gasteiger partial charge in [-0.25, -0.2) is 18.9 Å². The van der Waals surface area contributed by atoms with Crippen LogP contribution in [0.1, 0.15) is 21.6 Å². The Hall–Kier alpha value is -4.20. The Labute approximate surface area is 170 Å². The Kier molecular flexibility index (Phi) is 4.17. The first-order valence-electron chi connectivity index (χ1n) is 9.21. The van der Waals surface area contributed by atoms with Gasteiger partial charge in [0.25, 0.3) is 11.7 Å². The zero-order valence-electron chi connectivity index (χ0n) is 15.7. The van der Waals surface area contributed by atoms with Crippen LogP contribution < -0.4 is 5.73 Å². The van der Waals surface area contributed by atoms with Gasteiger partial charge in [0.2, 0.25) is 0 Å². The molecule has 0 radical (unpaired) electrons. The maximum atomic E-state index is 14.2. The molecular weight excluding hydrogens is 383 g/mol. The van der Waals surface area contributed by atoms with Gasteiger partial charge in [0.05, 0.1) is 29.2 Å². The second kappa shape index (κ2) is 7.00. The van der Waals surface area contributed by atoms with Crippen LogP contribution >= 0.6 is 0 Å². The van der Waals surface area contributed by atoms with Crippen molar-refractivity contribution in [3.05, 3.63) is 89.8 Å². The summed E-state index contributed by atoms with van der Waals surface area (Å²) >= 11 is 0. The Morgan fingerprint density at radius 3 is 2.73 bits per heavy atom. The number of carbonyl (C=O) groups is 1. The van der Waals surface area contributed by atoms with Gasteiger partial charge in [0.15, 0.2) is 0 Å². The van der Waals surface area contributed by atoms with Crippen LogP contribution in [-0.4, -0.2) is 30.5 Å². The molecule has 30 heavy (non-hydrogen) atoms. The first kappa shape index (κ1) is 17.9. The third-order valence-corrected chi connectivity index (χ3v) is 4.88. The van der Waals surface area contributed by atoms with Gasteiger partial charge in [-0.2, -0.15) is 5.10 Å². The number of imidazole rings is 1. The number of nitrogens with two attached hydrogens (primary N) is 1. The van der Waals surface area contributed by atoms with E-state index in [1.807, 2.05) is 24.3 Å². The van der Waals surface area contributed by atoms with Gasteiger partial charge >= 0.3 is 0 Å². The number of hydrogen-bond acceptors (Lipinski definition) is 5. The molecule has 0 fully saturated rings. The average molecular weight is 398 g/mol. The summed E-state index contributed by atoms with van der Waals surface area (Å²) in [5.41, 5.74) is 8.81. The summed E-state index contributed by atoms with van der Waals surface area (Å²) in [5.74, 6) is -1.06. The van der Waals surface area contributed by atoms with Crippen molar-refractivity contribution in [1.29, 1.82) is 0 Å². The van der Waals surface area contributed by atoms with Crippen molar-refractivity contribution in [3.63, 3.8) is 0 Å². The predicted molar refractivity (Wildman–Crippen MR) is 109 cm³/mol. The number of nitrogens with zero attached hydrogens (tertiary/aromatic N) is 5. The zero-order chi connectivity index (χ0) is 20.7. The van der Waals surface area contributed by atoms with E-state index in [1.165, 1.54) is 18.3 Å². The molecule has 3 aromatic heterocycles. The third-order valence-electron chi connectivity index (χ3n) is 4.88. The standard InChI is InChI=1S/C22H15FN6O/c23-18-10-15(4-5-17(18)21(24)30)20-12-27-22-26-11-16(29(22)28-20)9-13-3-6-19-14(8-13)2-1-7-25-19/h1-8,10-12H,9H2,(H2,24,30). The smallest absolute Gasteiger partial charge is 0.251 e. The number of halogens is 1. The minimum atomic E-state index is -0.817. The van der Waals surface area contributed by atoms with Crippen molar-refractivity contribution < 1.29 is 9.18 Å². The van der Waals surface area contributed by atoms with Crippen LogP contribution in [0.25, 0.3) is 27.9 Å². The predicted octanol–water partition coefficient (Wildman–Crippen LogP) is 3.17. The minimum Gasteiger partial charge on any atom is -0.366 e. The average Bonchev–Trinajstić information content (AvgIpc) is 3.15. The number of primary amides is 1. The van der Waals surface area contributed by atoms with Crippen molar-refractivity contribution in [3.8, 4) is 11.3 Å². The molecule has 5 rings (SSSR count). The molecular formula is C22H15FN6O. The first-order chi connectivity index (χ1) is 14.6. The van der Waals surface area contributed by atoms with E-state index in [0.29, 0.717) is 23.5 Å². The number of amides is 1. The largest absolute Gasteiger partial charge is 0.366 e. The van der Waals surface area contributed by atoms with E-state index in [4.69, 9.17) is 5.73 Å². The van der Waals surface area contributed by atoms with E-state index in [1.54, 1.807) is 23.0 Å². The highest BCUT2D eigenvalue weighted by Crippen LogP contribution is 2.21. The fourth-order valence-corrected chi connectivity index (χ4v) is 3.39. The fourth-order valence-electron chi connectivity index (χ4n) is 3.39. The van der Waals surface area contributed by atoms with E-state index in [2.05, 4.69) is 26.1 Å². The summed E-state index contributed by atoms with van der Waals surface area (Å²) in [5, 5.41) is 5.63. The molecule has 7 nitrogen and oxygen atoms in total. The summed E-state index contributed by atoms with van der Waals surface area (Å²) in [6, 6.07) is 14.2. The second-order valence-electron chi connectivity index (χ2n) is 6.87. The molecule has 2 N–H and O–H groups in total. The monoisotopic (exact) mass is 398 g/mol. The number of rotatable bonds is 4. The van der Waals surface area contributed by atoms with E-state index < -0.39 is 11.7 Å². The number of carbonyl (C=O) groups excluding carboxylic acids is 1. The molecule has 146 valence electrons. The van der Waals surface area contributed by atoms with Gasteiger partial charge < -0.3 is 5.73 Å². The molecule has 0 unspecified atom stereocenters. The van der Waals surface area contributed by atoms with E-state index >= 15 is 0 Å². The molecule has 0 saturated carbocycles. The van der Waals surface area contributed by atoms with Crippen molar-refractivity contribution in [1.82, 2.24) is 24.6 Å². The van der Waals surface area contributed by atoms with Gasteiger partial charge in [-0.05, 0) is 35.9 Å². The van der Waals surface area contributed by atoms with Gasteiger partial charge in [0, 0.05) is 23.6 Å². The maximum Gasteiger partial charge on any atom is 0.251 e. The summed E-state index contributed by atoms with van der Waals surface area (Å²) in [6.45, 7) is 0. The van der Waals surface area contributed by atoms with E-state index in [9.17, 15) is 9.18 Å². The topological polar surface area (TPSA) is 99.1 Å². The van der Waals surface area contributed by atoms with Gasteiger partial charge in [-0.1, -0.05) is 18.2 Å². The summed E-state index contributed by atoms with van der Waals surface area (Å²) in [7, 11) is 0. The molecule has 0 bridgehead atoms. The van der Waals surface area contributed by atoms with Crippen LogP contribution in [-0.2, 0) is 6.42 Å². The van der Waals surface area contributed by atoms with Gasteiger partial charge in [-0.15, -0.1) is 0 Å². The van der Waals surface area contributed by atoms with Gasteiger partial charge in [-0.3, -0.25) is 9.78 Å². The fraction of sp³-hybridized carbons (Fsp3) is 0.0455. The van der Waals surface area contributed by atoms with Crippen molar-refractivity contribution >= 4 is 22.6 Å². The Morgan fingerprint density at radius 1 is 1.03 bits per heavy atom. The summed E-state index contributed by atoms with van der Waals surface area (Å²) in [4.78, 5) is 24.2. The molecule has 2 aromatic carbocycles. The maximum absolute atomic E-state index is 14.2. The Balaban J connectivity index is 1.52. The van der Waals surface area contributed by atoms with Crippen LogP contribution in [0.4, 0.5) is 4.39 Å². The van der Waals surface area contributed by atoms with Crippen LogP contribution in [0.15, 0.2) is 67.1 Å². The molecule has 8 heteroatoms.